The van der Waals surface area contributed by atoms with Gasteiger partial charge in [0.05, 0.1) is 0 Å². The van der Waals surface area contributed by atoms with Crippen molar-refractivity contribution in [2.75, 3.05) is 0 Å². The molecular weight excluding hydrogens is 577 g/mol. The molecule has 0 aromatic carbocycles. The summed E-state index contributed by atoms with van der Waals surface area (Å²) >= 11 is -2.63. The summed E-state index contributed by atoms with van der Waals surface area (Å²) in [5.41, 5.74) is 0. The fourth-order valence-corrected chi connectivity index (χ4v) is 2.97. The van der Waals surface area contributed by atoms with E-state index in [0.29, 0.717) is 14.2 Å². The zero-order valence-electron chi connectivity index (χ0n) is 11.3. The second kappa shape index (κ2) is 6.69. The van der Waals surface area contributed by atoms with E-state index in [0.717, 1.165) is 0 Å². The van der Waals surface area contributed by atoms with Gasteiger partial charge in [0.1, 0.15) is 0 Å². The average Bonchev–Trinajstić information content (AvgIpc) is 2.44. The van der Waals surface area contributed by atoms with E-state index < -0.39 is 59.7 Å². The third-order valence-electron chi connectivity index (χ3n) is 2.81. The molecule has 0 saturated carbocycles. The molecule has 19 heteroatoms. The van der Waals surface area contributed by atoms with Crippen LogP contribution in [0.4, 0.5) is 74.6 Å². The van der Waals surface area contributed by atoms with Gasteiger partial charge in [-0.2, -0.15) is 0 Å². The Morgan fingerprint density at radius 3 is 0.815 bits per heavy atom. The van der Waals surface area contributed by atoms with Crippen molar-refractivity contribution in [2.45, 2.75) is 46.5 Å². The molecule has 0 unspecified atom stereocenters. The first-order valence-electron chi connectivity index (χ1n) is 5.35. The maximum atomic E-state index is 13.1. The monoisotopic (exact) mass is 580 g/mol. The second-order valence-corrected chi connectivity index (χ2v) is 8.00. The van der Waals surface area contributed by atoms with Crippen LogP contribution >= 0.6 is 0 Å². The molecule has 0 aliphatic carbocycles. The first-order valence-corrected chi connectivity index (χ1v) is 11.0. The van der Waals surface area contributed by atoms with Crippen LogP contribution in [-0.4, -0.2) is 73.9 Å². The quantitative estimate of drug-likeness (QED) is 0.309. The van der Waals surface area contributed by atoms with Crippen LogP contribution in [0.5, 0.6) is 0 Å². The first-order chi connectivity index (χ1) is 11.3. The number of halogens is 17. The standard InChI is InChI=1S/C8HF17Se2/c9-1(10,3(13,14)5(17,18)7(21,22)23)2(11,12)4(15,16)6(19,20)8(24,25)27-26/h26H. The molecule has 0 spiro atoms. The molecule has 0 rings (SSSR count). The van der Waals surface area contributed by atoms with Crippen molar-refractivity contribution in [3.8, 4) is 0 Å². The van der Waals surface area contributed by atoms with Crippen LogP contribution in [0.25, 0.3) is 0 Å². The summed E-state index contributed by atoms with van der Waals surface area (Å²) < 4.78 is 215. The minimum absolute atomic E-state index is 0.488. The fraction of sp³-hybridized carbons (Fsp3) is 1.00. The van der Waals surface area contributed by atoms with Gasteiger partial charge in [-0.1, -0.05) is 0 Å². The van der Waals surface area contributed by atoms with Crippen LogP contribution in [-0.2, 0) is 0 Å². The van der Waals surface area contributed by atoms with Gasteiger partial charge in [-0.25, -0.2) is 0 Å². The van der Waals surface area contributed by atoms with Crippen LogP contribution < -0.4 is 0 Å². The molecule has 0 radical (unpaired) electrons. The third kappa shape index (κ3) is 3.39. The van der Waals surface area contributed by atoms with Gasteiger partial charge in [0, 0.05) is 0 Å². The molecule has 0 amide bonds. The van der Waals surface area contributed by atoms with Gasteiger partial charge in [-0.3, -0.25) is 0 Å². The molecule has 0 aromatic heterocycles. The summed E-state index contributed by atoms with van der Waals surface area (Å²) in [6.07, 6.45) is -7.73. The predicted octanol–water partition coefficient (Wildman–Crippen LogP) is 4.47. The Labute approximate surface area is 149 Å². The van der Waals surface area contributed by atoms with Crippen molar-refractivity contribution in [1.82, 2.24) is 0 Å². The summed E-state index contributed by atoms with van der Waals surface area (Å²) in [5, 5.41) is 0. The van der Waals surface area contributed by atoms with Gasteiger partial charge in [-0.15, -0.1) is 0 Å². The van der Waals surface area contributed by atoms with Gasteiger partial charge in [-0.05, 0) is 0 Å². The van der Waals surface area contributed by atoms with Gasteiger partial charge in [0.15, 0.2) is 0 Å². The number of rotatable bonds is 7. The molecule has 0 bridgehead atoms. The van der Waals surface area contributed by atoms with Crippen LogP contribution in [0, 0.1) is 0 Å². The number of hydrogen-bond donors (Lipinski definition) is 0. The van der Waals surface area contributed by atoms with E-state index >= 15 is 0 Å². The van der Waals surface area contributed by atoms with Gasteiger partial charge in [0.25, 0.3) is 0 Å². The topological polar surface area (TPSA) is 0 Å². The molecule has 0 heterocycles. The summed E-state index contributed by atoms with van der Waals surface area (Å²) in [5.74, 6) is -49.3. The molecule has 0 saturated heterocycles. The summed E-state index contributed by atoms with van der Waals surface area (Å²) in [6, 6.07) is 0. The normalized spacial score (nSPS) is 16.7. The Morgan fingerprint density at radius 1 is 0.370 bits per heavy atom. The summed E-state index contributed by atoms with van der Waals surface area (Å²) in [7, 11) is 0. The van der Waals surface area contributed by atoms with Crippen LogP contribution in [0.3, 0.4) is 0 Å². The Balaban J connectivity index is 6.65. The van der Waals surface area contributed by atoms with Crippen molar-refractivity contribution >= 4 is 27.3 Å². The van der Waals surface area contributed by atoms with E-state index in [4.69, 9.17) is 0 Å². The van der Waals surface area contributed by atoms with Gasteiger partial charge >= 0.3 is 148 Å². The fourth-order valence-electron chi connectivity index (χ4n) is 1.21. The van der Waals surface area contributed by atoms with Crippen molar-refractivity contribution < 1.29 is 74.6 Å². The van der Waals surface area contributed by atoms with Crippen LogP contribution in [0.1, 0.15) is 0 Å². The van der Waals surface area contributed by atoms with E-state index in [1.54, 1.807) is 0 Å². The first kappa shape index (κ1) is 26.8. The molecule has 0 nitrogen and oxygen atoms in total. The van der Waals surface area contributed by atoms with Crippen molar-refractivity contribution in [1.29, 1.82) is 0 Å². The van der Waals surface area contributed by atoms with Gasteiger partial charge in [0.2, 0.25) is 0 Å². The predicted molar refractivity (Wildman–Crippen MR) is 53.6 cm³/mol. The Morgan fingerprint density at radius 2 is 0.593 bits per heavy atom. The van der Waals surface area contributed by atoms with E-state index in [-0.39, 0.29) is 0 Å². The van der Waals surface area contributed by atoms with Crippen molar-refractivity contribution in [3.63, 3.8) is 0 Å². The van der Waals surface area contributed by atoms with Gasteiger partial charge < -0.3 is 0 Å². The third-order valence-corrected chi connectivity index (χ3v) is 6.33. The van der Waals surface area contributed by atoms with Crippen LogP contribution in [0.2, 0.25) is 0 Å². The Kier molecular flexibility index (Phi) is 6.65. The minimum atomic E-state index is -8.56. The molecule has 0 fully saturated rings. The molecular formula is C8HF17Se2. The molecule has 27 heavy (non-hydrogen) atoms. The van der Waals surface area contributed by atoms with E-state index in [9.17, 15) is 74.6 Å². The number of hydrogen-bond acceptors (Lipinski definition) is 0. The summed E-state index contributed by atoms with van der Waals surface area (Å²) in [6.45, 7) is 0. The van der Waals surface area contributed by atoms with Crippen molar-refractivity contribution in [2.24, 2.45) is 0 Å². The molecule has 0 aliphatic heterocycles. The molecule has 0 aliphatic rings. The zero-order chi connectivity index (χ0) is 22.7. The number of alkyl halides is 17. The Bertz CT molecular complexity index is 546. The second-order valence-electron chi connectivity index (χ2n) is 4.55. The van der Waals surface area contributed by atoms with E-state index in [1.165, 1.54) is 0 Å². The molecule has 0 aromatic rings. The van der Waals surface area contributed by atoms with Crippen LogP contribution in [0.15, 0.2) is 0 Å². The summed E-state index contributed by atoms with van der Waals surface area (Å²) in [4.78, 5) is -6.23. The molecule has 164 valence electrons. The Hall–Kier alpha value is -0.151. The van der Waals surface area contributed by atoms with E-state index in [2.05, 4.69) is 0 Å². The molecule has 0 N–H and O–H groups in total. The molecule has 0 atom stereocenters. The SMILES string of the molecule is FC(F)(F)C(F)(F)C(F)(F)C(F)(F)C(F)(F)C(F)(F)C(F)(F)C(F)(F)[Se][SeH]. The average molecular weight is 578 g/mol. The van der Waals surface area contributed by atoms with Crippen molar-refractivity contribution in [3.05, 3.63) is 0 Å². The zero-order valence-corrected chi connectivity index (χ0v) is 14.9. The van der Waals surface area contributed by atoms with E-state index in [1.807, 2.05) is 0 Å². The maximum absolute atomic E-state index is 13.1.